The molecule has 1 aliphatic heterocycles. The second-order valence-corrected chi connectivity index (χ2v) is 11.4. The summed E-state index contributed by atoms with van der Waals surface area (Å²) in [5.41, 5.74) is 3.70. The van der Waals surface area contributed by atoms with E-state index in [1.54, 1.807) is 13.3 Å². The van der Waals surface area contributed by atoms with Crippen LogP contribution in [-0.4, -0.2) is 75.6 Å². The molecule has 0 N–H and O–H groups in total. The molecule has 210 valence electrons. The molecular formula is C29H34N6O5. The fourth-order valence-electron chi connectivity index (χ4n) is 5.14. The molecule has 1 saturated carbocycles. The van der Waals surface area contributed by atoms with Gasteiger partial charge in [0.15, 0.2) is 18.3 Å². The minimum atomic E-state index is -0.522. The Bertz CT molecular complexity index is 1560. The SMILES string of the molecule is COCOc1cc2nc(C)oc2cc1-c1ccc2nc(N3CC[C@H](N(C(=O)OC(C)(C)C)C4CC4)C3)ncc2n1. The van der Waals surface area contributed by atoms with E-state index in [4.69, 9.17) is 28.6 Å². The predicted octanol–water partition coefficient (Wildman–Crippen LogP) is 5.10. The lowest BCUT2D eigenvalue weighted by Gasteiger charge is -2.31. The molecule has 2 fully saturated rings. The first-order valence-corrected chi connectivity index (χ1v) is 13.6. The molecule has 2 aliphatic rings. The number of nitrogens with zero attached hydrogens (tertiary/aromatic N) is 6. The first-order valence-electron chi connectivity index (χ1n) is 13.6. The van der Waals surface area contributed by atoms with E-state index in [-0.39, 0.29) is 25.0 Å². The van der Waals surface area contributed by atoms with Gasteiger partial charge in [-0.15, -0.1) is 0 Å². The van der Waals surface area contributed by atoms with E-state index >= 15 is 0 Å². The van der Waals surface area contributed by atoms with Crippen molar-refractivity contribution in [2.75, 3.05) is 31.9 Å². The number of oxazole rings is 1. The normalized spacial score (nSPS) is 17.5. The molecule has 0 spiro atoms. The average molecular weight is 547 g/mol. The second kappa shape index (κ2) is 10.2. The monoisotopic (exact) mass is 546 g/mol. The molecule has 1 aromatic carbocycles. The largest absolute Gasteiger partial charge is 0.467 e. The molecule has 11 heteroatoms. The lowest BCUT2D eigenvalue weighted by Crippen LogP contribution is -2.46. The molecule has 4 aromatic rings. The highest BCUT2D eigenvalue weighted by Gasteiger charge is 2.42. The topological polar surface area (TPSA) is 116 Å². The Morgan fingerprint density at radius 3 is 2.65 bits per heavy atom. The molecular weight excluding hydrogens is 512 g/mol. The Morgan fingerprint density at radius 1 is 1.07 bits per heavy atom. The Morgan fingerprint density at radius 2 is 1.90 bits per heavy atom. The van der Waals surface area contributed by atoms with Crippen LogP contribution >= 0.6 is 0 Å². The molecule has 6 rings (SSSR count). The van der Waals surface area contributed by atoms with Crippen molar-refractivity contribution >= 4 is 34.2 Å². The zero-order valence-electron chi connectivity index (χ0n) is 23.5. The maximum absolute atomic E-state index is 13.0. The summed E-state index contributed by atoms with van der Waals surface area (Å²) < 4.78 is 22.4. The number of ether oxygens (including phenoxy) is 3. The molecule has 0 radical (unpaired) electrons. The summed E-state index contributed by atoms with van der Waals surface area (Å²) in [5, 5.41) is 0. The minimum absolute atomic E-state index is 0.0716. The molecule has 3 aromatic heterocycles. The molecule has 0 unspecified atom stereocenters. The average Bonchev–Trinajstić information content (AvgIpc) is 3.49. The fraction of sp³-hybridized carbons (Fsp3) is 0.483. The highest BCUT2D eigenvalue weighted by molar-refractivity contribution is 5.86. The number of anilines is 1. The van der Waals surface area contributed by atoms with Crippen molar-refractivity contribution < 1.29 is 23.4 Å². The van der Waals surface area contributed by atoms with E-state index in [0.717, 1.165) is 36.9 Å². The maximum Gasteiger partial charge on any atom is 0.410 e. The highest BCUT2D eigenvalue weighted by Crippen LogP contribution is 2.36. The van der Waals surface area contributed by atoms with Gasteiger partial charge in [-0.2, -0.15) is 0 Å². The van der Waals surface area contributed by atoms with Crippen molar-refractivity contribution in [3.05, 3.63) is 36.4 Å². The number of fused-ring (bicyclic) bond motifs is 2. The molecule has 4 heterocycles. The molecule has 1 amide bonds. The lowest BCUT2D eigenvalue weighted by atomic mass is 10.1. The van der Waals surface area contributed by atoms with Gasteiger partial charge in [0, 0.05) is 44.8 Å². The summed E-state index contributed by atoms with van der Waals surface area (Å²) in [5.74, 6) is 1.81. The van der Waals surface area contributed by atoms with Gasteiger partial charge in [-0.05, 0) is 58.2 Å². The van der Waals surface area contributed by atoms with E-state index in [2.05, 4.69) is 14.9 Å². The van der Waals surface area contributed by atoms with Gasteiger partial charge in [0.1, 0.15) is 22.4 Å². The highest BCUT2D eigenvalue weighted by atomic mass is 16.7. The van der Waals surface area contributed by atoms with Gasteiger partial charge >= 0.3 is 6.09 Å². The summed E-state index contributed by atoms with van der Waals surface area (Å²) in [4.78, 5) is 35.7. The smallest absolute Gasteiger partial charge is 0.410 e. The van der Waals surface area contributed by atoms with Crippen LogP contribution in [0.4, 0.5) is 10.7 Å². The van der Waals surface area contributed by atoms with Crippen LogP contribution in [0.2, 0.25) is 0 Å². The number of hydrogen-bond donors (Lipinski definition) is 0. The van der Waals surface area contributed by atoms with E-state index in [1.165, 1.54) is 0 Å². The number of rotatable bonds is 7. The van der Waals surface area contributed by atoms with Crippen LogP contribution in [0.3, 0.4) is 0 Å². The van der Waals surface area contributed by atoms with E-state index < -0.39 is 5.60 Å². The standard InChI is InChI=1S/C29H34N6O5/c1-17-31-23-13-25(38-16-37-5)20(12-26(23)39-17)21-8-9-22-24(32-21)14-30-27(33-22)34-11-10-19(15-34)35(18-6-7-18)28(36)40-29(2,3)4/h8-9,12-14,18-19H,6-7,10-11,15-16H2,1-5H3/t19-/m0/s1. The van der Waals surface area contributed by atoms with Gasteiger partial charge < -0.3 is 28.4 Å². The number of carbonyl (C=O) groups is 1. The van der Waals surface area contributed by atoms with Crippen LogP contribution in [0, 0.1) is 6.92 Å². The van der Waals surface area contributed by atoms with Gasteiger partial charge in [0.05, 0.1) is 23.4 Å². The quantitative estimate of drug-likeness (QED) is 0.290. The molecule has 1 saturated heterocycles. The van der Waals surface area contributed by atoms with E-state index in [1.807, 2.05) is 56.9 Å². The van der Waals surface area contributed by atoms with Crippen LogP contribution in [-0.2, 0) is 9.47 Å². The van der Waals surface area contributed by atoms with Gasteiger partial charge in [-0.1, -0.05) is 0 Å². The van der Waals surface area contributed by atoms with Crippen LogP contribution in [0.15, 0.2) is 34.9 Å². The van der Waals surface area contributed by atoms with E-state index in [9.17, 15) is 4.79 Å². The minimum Gasteiger partial charge on any atom is -0.467 e. The van der Waals surface area contributed by atoms with Crippen molar-refractivity contribution in [2.24, 2.45) is 0 Å². The molecule has 11 nitrogen and oxygen atoms in total. The summed E-state index contributed by atoms with van der Waals surface area (Å²) >= 11 is 0. The van der Waals surface area contributed by atoms with Crippen molar-refractivity contribution in [1.82, 2.24) is 24.8 Å². The molecule has 0 bridgehead atoms. The van der Waals surface area contributed by atoms with Crippen LogP contribution in [0.1, 0.15) is 45.9 Å². The lowest BCUT2D eigenvalue weighted by molar-refractivity contribution is 0.0158. The second-order valence-electron chi connectivity index (χ2n) is 11.4. The van der Waals surface area contributed by atoms with Crippen LogP contribution < -0.4 is 9.64 Å². The third-order valence-electron chi connectivity index (χ3n) is 7.01. The molecule has 40 heavy (non-hydrogen) atoms. The number of benzene rings is 1. The van der Waals surface area contributed by atoms with Crippen molar-refractivity contribution in [3.63, 3.8) is 0 Å². The Balaban J connectivity index is 1.24. The van der Waals surface area contributed by atoms with Crippen molar-refractivity contribution in [2.45, 2.75) is 64.6 Å². The van der Waals surface area contributed by atoms with Crippen LogP contribution in [0.25, 0.3) is 33.4 Å². The first-order chi connectivity index (χ1) is 19.2. The molecule has 1 atom stereocenters. The number of methoxy groups -OCH3 is 1. The van der Waals surface area contributed by atoms with Crippen molar-refractivity contribution in [3.8, 4) is 17.0 Å². The Labute approximate surface area is 232 Å². The van der Waals surface area contributed by atoms with E-state index in [0.29, 0.717) is 46.4 Å². The maximum atomic E-state index is 13.0. The van der Waals surface area contributed by atoms with Crippen molar-refractivity contribution in [1.29, 1.82) is 0 Å². The van der Waals surface area contributed by atoms with Gasteiger partial charge in [0.25, 0.3) is 0 Å². The number of hydrogen-bond acceptors (Lipinski definition) is 10. The third kappa shape index (κ3) is 5.38. The number of carbonyl (C=O) groups excluding carboxylic acids is 1. The first kappa shape index (κ1) is 26.2. The zero-order chi connectivity index (χ0) is 28.0. The fourth-order valence-corrected chi connectivity index (χ4v) is 5.14. The zero-order valence-corrected chi connectivity index (χ0v) is 23.5. The summed E-state index contributed by atoms with van der Waals surface area (Å²) in [6.07, 6.45) is 4.41. The number of pyridine rings is 1. The Kier molecular flexibility index (Phi) is 6.69. The summed E-state index contributed by atoms with van der Waals surface area (Å²) in [6.45, 7) is 9.05. The van der Waals surface area contributed by atoms with Gasteiger partial charge in [-0.3, -0.25) is 0 Å². The number of aryl methyl sites for hydroxylation is 1. The Hall–Kier alpha value is -3.99. The predicted molar refractivity (Wildman–Crippen MR) is 149 cm³/mol. The summed E-state index contributed by atoms with van der Waals surface area (Å²) in [6, 6.07) is 7.89. The van der Waals surface area contributed by atoms with Gasteiger partial charge in [-0.25, -0.2) is 24.7 Å². The number of amides is 1. The van der Waals surface area contributed by atoms with Gasteiger partial charge in [0.2, 0.25) is 5.95 Å². The third-order valence-corrected chi connectivity index (χ3v) is 7.01. The molecule has 1 aliphatic carbocycles. The van der Waals surface area contributed by atoms with Crippen LogP contribution in [0.5, 0.6) is 5.75 Å². The summed E-state index contributed by atoms with van der Waals surface area (Å²) in [7, 11) is 1.57. The number of aromatic nitrogens is 4.